The van der Waals surface area contributed by atoms with Crippen LogP contribution in [0.1, 0.15) is 21.5 Å². The Morgan fingerprint density at radius 3 is 2.32 bits per heavy atom. The second kappa shape index (κ2) is 5.64. The van der Waals surface area contributed by atoms with E-state index in [4.69, 9.17) is 4.74 Å². The molecular weight excluding hydrogens is 272 g/mol. The van der Waals surface area contributed by atoms with E-state index in [1.807, 2.05) is 37.3 Å². The Hall–Kier alpha value is -2.61. The molecule has 0 bridgehead atoms. The van der Waals surface area contributed by atoms with Gasteiger partial charge in [-0.3, -0.25) is 0 Å². The zero-order valence-electron chi connectivity index (χ0n) is 13.0. The van der Waals surface area contributed by atoms with Gasteiger partial charge in [-0.1, -0.05) is 48.5 Å². The maximum absolute atomic E-state index is 12.2. The summed E-state index contributed by atoms with van der Waals surface area (Å²) >= 11 is 0. The Labute approximate surface area is 130 Å². The molecule has 3 rings (SSSR count). The lowest BCUT2D eigenvalue weighted by Gasteiger charge is -2.16. The summed E-state index contributed by atoms with van der Waals surface area (Å²) in [4.78, 5) is 12.2. The molecule has 0 aliphatic carbocycles. The molecule has 22 heavy (non-hydrogen) atoms. The molecule has 0 atom stereocenters. The molecule has 0 N–H and O–H groups in total. The molecule has 0 saturated carbocycles. The SMILES string of the molecule is COC(=O)c1cccc(C)c1-c1c(C)ccc2ccccc12. The van der Waals surface area contributed by atoms with Crippen LogP contribution in [-0.2, 0) is 4.74 Å². The van der Waals surface area contributed by atoms with Crippen molar-refractivity contribution in [2.45, 2.75) is 13.8 Å². The lowest BCUT2D eigenvalue weighted by Crippen LogP contribution is -2.05. The van der Waals surface area contributed by atoms with Crippen LogP contribution in [0.15, 0.2) is 54.6 Å². The van der Waals surface area contributed by atoms with E-state index in [9.17, 15) is 4.79 Å². The fraction of sp³-hybridized carbons (Fsp3) is 0.150. The van der Waals surface area contributed by atoms with Gasteiger partial charge in [-0.25, -0.2) is 4.79 Å². The highest BCUT2D eigenvalue weighted by Crippen LogP contribution is 2.36. The van der Waals surface area contributed by atoms with Crippen molar-refractivity contribution in [1.29, 1.82) is 0 Å². The number of fused-ring (bicyclic) bond motifs is 1. The first-order valence-electron chi connectivity index (χ1n) is 7.30. The van der Waals surface area contributed by atoms with Crippen molar-refractivity contribution in [3.05, 3.63) is 71.3 Å². The minimum Gasteiger partial charge on any atom is -0.465 e. The van der Waals surface area contributed by atoms with Crippen LogP contribution in [-0.4, -0.2) is 13.1 Å². The normalized spacial score (nSPS) is 10.7. The second-order valence-corrected chi connectivity index (χ2v) is 5.47. The Bertz CT molecular complexity index is 863. The molecule has 3 aromatic carbocycles. The number of carbonyl (C=O) groups excluding carboxylic acids is 1. The number of hydrogen-bond acceptors (Lipinski definition) is 2. The molecule has 2 heteroatoms. The molecule has 0 radical (unpaired) electrons. The van der Waals surface area contributed by atoms with Gasteiger partial charge in [0.25, 0.3) is 0 Å². The van der Waals surface area contributed by atoms with Crippen LogP contribution < -0.4 is 0 Å². The summed E-state index contributed by atoms with van der Waals surface area (Å²) in [5.74, 6) is -0.300. The predicted molar refractivity (Wildman–Crippen MR) is 90.2 cm³/mol. The van der Waals surface area contributed by atoms with Crippen molar-refractivity contribution >= 4 is 16.7 Å². The monoisotopic (exact) mass is 290 g/mol. The molecule has 0 heterocycles. The highest BCUT2D eigenvalue weighted by atomic mass is 16.5. The minimum absolute atomic E-state index is 0.300. The summed E-state index contributed by atoms with van der Waals surface area (Å²) in [5.41, 5.74) is 4.91. The van der Waals surface area contributed by atoms with Gasteiger partial charge in [-0.15, -0.1) is 0 Å². The van der Waals surface area contributed by atoms with Crippen LogP contribution in [0.5, 0.6) is 0 Å². The van der Waals surface area contributed by atoms with Gasteiger partial charge in [0, 0.05) is 0 Å². The number of benzene rings is 3. The molecule has 0 unspecified atom stereocenters. The Morgan fingerprint density at radius 1 is 0.818 bits per heavy atom. The van der Waals surface area contributed by atoms with E-state index in [1.54, 1.807) is 0 Å². The summed E-state index contributed by atoms with van der Waals surface area (Å²) in [6.45, 7) is 4.11. The molecule has 0 fully saturated rings. The summed E-state index contributed by atoms with van der Waals surface area (Å²) in [6.07, 6.45) is 0. The van der Waals surface area contributed by atoms with E-state index < -0.39 is 0 Å². The lowest BCUT2D eigenvalue weighted by molar-refractivity contribution is 0.0601. The van der Waals surface area contributed by atoms with Gasteiger partial charge in [-0.05, 0) is 52.9 Å². The third-order valence-corrected chi connectivity index (χ3v) is 4.07. The standard InChI is InChI=1S/C20H18O2/c1-13-7-6-10-17(20(21)22-3)19(13)18-14(2)11-12-15-8-4-5-9-16(15)18/h4-12H,1-3H3. The van der Waals surface area contributed by atoms with Crippen molar-refractivity contribution in [1.82, 2.24) is 0 Å². The topological polar surface area (TPSA) is 26.3 Å². The molecule has 0 spiro atoms. The fourth-order valence-corrected chi connectivity index (χ4v) is 2.99. The molecule has 0 aliphatic rings. The van der Waals surface area contributed by atoms with Crippen LogP contribution in [0.25, 0.3) is 21.9 Å². The van der Waals surface area contributed by atoms with Gasteiger partial charge in [0.15, 0.2) is 0 Å². The summed E-state index contributed by atoms with van der Waals surface area (Å²) in [6, 6.07) is 18.2. The van der Waals surface area contributed by atoms with E-state index in [-0.39, 0.29) is 5.97 Å². The van der Waals surface area contributed by atoms with Gasteiger partial charge in [0.1, 0.15) is 0 Å². The average molecular weight is 290 g/mol. The first-order valence-corrected chi connectivity index (χ1v) is 7.30. The van der Waals surface area contributed by atoms with Gasteiger partial charge in [0.05, 0.1) is 12.7 Å². The molecule has 0 saturated heterocycles. The van der Waals surface area contributed by atoms with E-state index in [2.05, 4.69) is 31.2 Å². The summed E-state index contributed by atoms with van der Waals surface area (Å²) in [5, 5.41) is 2.32. The predicted octanol–water partition coefficient (Wildman–Crippen LogP) is 4.91. The number of ether oxygens (including phenoxy) is 1. The number of rotatable bonds is 2. The van der Waals surface area contributed by atoms with Crippen molar-refractivity contribution in [2.24, 2.45) is 0 Å². The first-order chi connectivity index (χ1) is 10.6. The minimum atomic E-state index is -0.300. The molecule has 0 aromatic heterocycles. The Balaban J connectivity index is 2.42. The number of esters is 1. The van der Waals surface area contributed by atoms with Crippen LogP contribution in [0.4, 0.5) is 0 Å². The van der Waals surface area contributed by atoms with E-state index in [0.717, 1.165) is 27.6 Å². The number of methoxy groups -OCH3 is 1. The Kier molecular flexibility index (Phi) is 3.68. The zero-order chi connectivity index (χ0) is 15.7. The fourth-order valence-electron chi connectivity index (χ4n) is 2.99. The van der Waals surface area contributed by atoms with Crippen molar-refractivity contribution in [3.8, 4) is 11.1 Å². The second-order valence-electron chi connectivity index (χ2n) is 5.47. The van der Waals surface area contributed by atoms with Gasteiger partial charge < -0.3 is 4.74 Å². The number of carbonyl (C=O) groups is 1. The van der Waals surface area contributed by atoms with E-state index >= 15 is 0 Å². The van der Waals surface area contributed by atoms with Crippen molar-refractivity contribution in [2.75, 3.05) is 7.11 Å². The largest absolute Gasteiger partial charge is 0.465 e. The molecule has 0 amide bonds. The first kappa shape index (κ1) is 14.3. The maximum Gasteiger partial charge on any atom is 0.338 e. The van der Waals surface area contributed by atoms with Crippen molar-refractivity contribution in [3.63, 3.8) is 0 Å². The molecule has 3 aromatic rings. The molecule has 110 valence electrons. The third-order valence-electron chi connectivity index (χ3n) is 4.07. The van der Waals surface area contributed by atoms with E-state index in [1.165, 1.54) is 12.5 Å². The van der Waals surface area contributed by atoms with Crippen LogP contribution >= 0.6 is 0 Å². The summed E-state index contributed by atoms with van der Waals surface area (Å²) < 4.78 is 4.97. The van der Waals surface area contributed by atoms with Gasteiger partial charge in [-0.2, -0.15) is 0 Å². The quantitative estimate of drug-likeness (QED) is 0.627. The van der Waals surface area contributed by atoms with Crippen LogP contribution in [0, 0.1) is 13.8 Å². The zero-order valence-corrected chi connectivity index (χ0v) is 13.0. The highest BCUT2D eigenvalue weighted by molar-refractivity contribution is 6.06. The molecule has 2 nitrogen and oxygen atoms in total. The molecule has 0 aliphatic heterocycles. The van der Waals surface area contributed by atoms with Gasteiger partial charge >= 0.3 is 5.97 Å². The van der Waals surface area contributed by atoms with Crippen molar-refractivity contribution < 1.29 is 9.53 Å². The summed E-state index contributed by atoms with van der Waals surface area (Å²) in [7, 11) is 1.42. The maximum atomic E-state index is 12.2. The molecular formula is C20H18O2. The smallest absolute Gasteiger partial charge is 0.338 e. The van der Waals surface area contributed by atoms with E-state index in [0.29, 0.717) is 5.56 Å². The van der Waals surface area contributed by atoms with Crippen LogP contribution in [0.2, 0.25) is 0 Å². The Morgan fingerprint density at radius 2 is 1.55 bits per heavy atom. The average Bonchev–Trinajstić information content (AvgIpc) is 2.54. The third kappa shape index (κ3) is 2.27. The highest BCUT2D eigenvalue weighted by Gasteiger charge is 2.18. The number of hydrogen-bond donors (Lipinski definition) is 0. The lowest BCUT2D eigenvalue weighted by atomic mass is 9.88. The number of aryl methyl sites for hydroxylation is 2. The van der Waals surface area contributed by atoms with Crippen LogP contribution in [0.3, 0.4) is 0 Å². The van der Waals surface area contributed by atoms with Gasteiger partial charge in [0.2, 0.25) is 0 Å².